The first-order valence-corrected chi connectivity index (χ1v) is 9.94. The van der Waals surface area contributed by atoms with E-state index in [4.69, 9.17) is 34.8 Å². The SMILES string of the molecule is O=C(Nc1cccc(Cl)c1)N1CCCN(C(=O)c2cc(Cl)sc2Cl)CC1. The lowest BCUT2D eigenvalue weighted by atomic mass is 10.3. The zero-order chi connectivity index (χ0) is 18.7. The highest BCUT2D eigenvalue weighted by molar-refractivity contribution is 7.20. The van der Waals surface area contributed by atoms with Gasteiger partial charge in [0.15, 0.2) is 0 Å². The molecule has 1 N–H and O–H groups in total. The Bertz CT molecular complexity index is 827. The maximum absolute atomic E-state index is 12.6. The van der Waals surface area contributed by atoms with Gasteiger partial charge in [0.05, 0.1) is 9.90 Å². The summed E-state index contributed by atoms with van der Waals surface area (Å²) in [5, 5.41) is 3.39. The summed E-state index contributed by atoms with van der Waals surface area (Å²) in [6, 6.07) is 8.36. The second-order valence-corrected chi connectivity index (χ2v) is 8.53. The molecule has 5 nitrogen and oxygen atoms in total. The summed E-state index contributed by atoms with van der Waals surface area (Å²) < 4.78 is 0.871. The molecule has 1 fully saturated rings. The molecule has 0 radical (unpaired) electrons. The largest absolute Gasteiger partial charge is 0.337 e. The number of thiophene rings is 1. The first-order valence-electron chi connectivity index (χ1n) is 7.99. The van der Waals surface area contributed by atoms with E-state index < -0.39 is 0 Å². The van der Waals surface area contributed by atoms with Crippen LogP contribution < -0.4 is 5.32 Å². The van der Waals surface area contributed by atoms with Gasteiger partial charge in [-0.15, -0.1) is 11.3 Å². The predicted molar refractivity (Wildman–Crippen MR) is 107 cm³/mol. The summed E-state index contributed by atoms with van der Waals surface area (Å²) in [7, 11) is 0. The summed E-state index contributed by atoms with van der Waals surface area (Å²) in [6.07, 6.45) is 0.685. The van der Waals surface area contributed by atoms with E-state index in [2.05, 4.69) is 5.32 Å². The second kappa shape index (κ2) is 8.48. The average molecular weight is 433 g/mol. The van der Waals surface area contributed by atoms with Crippen molar-refractivity contribution in [2.75, 3.05) is 31.5 Å². The van der Waals surface area contributed by atoms with Crippen LogP contribution in [0.15, 0.2) is 30.3 Å². The third-order valence-electron chi connectivity index (χ3n) is 4.03. The highest BCUT2D eigenvalue weighted by Gasteiger charge is 2.25. The fourth-order valence-electron chi connectivity index (χ4n) is 2.75. The maximum Gasteiger partial charge on any atom is 0.321 e. The number of rotatable bonds is 2. The van der Waals surface area contributed by atoms with Crippen molar-refractivity contribution in [3.05, 3.63) is 49.6 Å². The number of nitrogens with one attached hydrogen (secondary N) is 1. The number of benzene rings is 1. The number of anilines is 1. The van der Waals surface area contributed by atoms with Gasteiger partial charge in [-0.1, -0.05) is 40.9 Å². The molecular formula is C17H16Cl3N3O2S. The normalized spacial score (nSPS) is 14.9. The Morgan fingerprint density at radius 3 is 2.42 bits per heavy atom. The summed E-state index contributed by atoms with van der Waals surface area (Å²) >= 11 is 19.1. The molecule has 0 bridgehead atoms. The monoisotopic (exact) mass is 431 g/mol. The molecule has 1 aliphatic rings. The summed E-state index contributed by atoms with van der Waals surface area (Å²) in [5.41, 5.74) is 1.05. The van der Waals surface area contributed by atoms with Gasteiger partial charge >= 0.3 is 6.03 Å². The smallest absolute Gasteiger partial charge is 0.321 e. The molecule has 1 aromatic heterocycles. The van der Waals surface area contributed by atoms with Gasteiger partial charge in [-0.25, -0.2) is 4.79 Å². The van der Waals surface area contributed by atoms with Crippen LogP contribution in [0, 0.1) is 0 Å². The van der Waals surface area contributed by atoms with Gasteiger partial charge in [-0.2, -0.15) is 0 Å². The molecule has 0 atom stereocenters. The summed E-state index contributed by atoms with van der Waals surface area (Å²) in [4.78, 5) is 28.5. The second-order valence-electron chi connectivity index (χ2n) is 5.81. The van der Waals surface area contributed by atoms with E-state index in [1.54, 1.807) is 40.1 Å². The third-order valence-corrected chi connectivity index (χ3v) is 5.76. The Morgan fingerprint density at radius 1 is 1.00 bits per heavy atom. The Balaban J connectivity index is 1.61. The molecule has 2 aromatic rings. The molecule has 0 aliphatic carbocycles. The van der Waals surface area contributed by atoms with Crippen molar-refractivity contribution in [3.8, 4) is 0 Å². The van der Waals surface area contributed by atoms with E-state index in [1.807, 2.05) is 0 Å². The minimum atomic E-state index is -0.210. The molecule has 1 saturated heterocycles. The molecule has 3 amide bonds. The lowest BCUT2D eigenvalue weighted by Gasteiger charge is -2.22. The fraction of sp³-hybridized carbons (Fsp3) is 0.294. The van der Waals surface area contributed by atoms with Gasteiger partial charge in [-0.3, -0.25) is 4.79 Å². The summed E-state index contributed by atoms with van der Waals surface area (Å²) in [5.74, 6) is -0.157. The van der Waals surface area contributed by atoms with Crippen molar-refractivity contribution in [3.63, 3.8) is 0 Å². The van der Waals surface area contributed by atoms with E-state index in [1.165, 1.54) is 11.3 Å². The van der Waals surface area contributed by atoms with E-state index >= 15 is 0 Å². The van der Waals surface area contributed by atoms with Crippen LogP contribution in [0.1, 0.15) is 16.8 Å². The number of nitrogens with zero attached hydrogens (tertiary/aromatic N) is 2. The average Bonchev–Trinajstić information content (AvgIpc) is 2.80. The zero-order valence-electron chi connectivity index (χ0n) is 13.7. The molecule has 1 aliphatic heterocycles. The quantitative estimate of drug-likeness (QED) is 0.719. The maximum atomic E-state index is 12.6. The Hall–Kier alpha value is -1.47. The van der Waals surface area contributed by atoms with Gasteiger partial charge < -0.3 is 15.1 Å². The van der Waals surface area contributed by atoms with Gasteiger partial charge in [0.25, 0.3) is 5.91 Å². The van der Waals surface area contributed by atoms with E-state index in [0.29, 0.717) is 57.5 Å². The van der Waals surface area contributed by atoms with Crippen LogP contribution in [0.2, 0.25) is 13.7 Å². The number of hydrogen-bond donors (Lipinski definition) is 1. The predicted octanol–water partition coefficient (Wildman–Crippen LogP) is 5.09. The standard InChI is InChI=1S/C17H16Cl3N3O2S/c18-11-3-1-4-12(9-11)21-17(25)23-6-2-5-22(7-8-23)16(24)13-10-14(19)26-15(13)20/h1,3-4,9-10H,2,5-8H2,(H,21,25). The van der Waals surface area contributed by atoms with Crippen molar-refractivity contribution in [2.24, 2.45) is 0 Å². The van der Waals surface area contributed by atoms with Gasteiger partial charge in [0.2, 0.25) is 0 Å². The van der Waals surface area contributed by atoms with Crippen molar-refractivity contribution in [1.82, 2.24) is 9.80 Å². The zero-order valence-corrected chi connectivity index (χ0v) is 16.8. The molecule has 2 heterocycles. The van der Waals surface area contributed by atoms with E-state index in [9.17, 15) is 9.59 Å². The molecule has 0 saturated carbocycles. The lowest BCUT2D eigenvalue weighted by Crippen LogP contribution is -2.39. The Morgan fingerprint density at radius 2 is 1.73 bits per heavy atom. The van der Waals surface area contributed by atoms with Crippen molar-refractivity contribution in [2.45, 2.75) is 6.42 Å². The number of amides is 3. The third kappa shape index (κ3) is 4.62. The van der Waals surface area contributed by atoms with Crippen LogP contribution >= 0.6 is 46.1 Å². The minimum Gasteiger partial charge on any atom is -0.337 e. The number of halogens is 3. The number of carbonyl (C=O) groups is 2. The highest BCUT2D eigenvalue weighted by Crippen LogP contribution is 2.32. The Kier molecular flexibility index (Phi) is 6.29. The van der Waals surface area contributed by atoms with Crippen molar-refractivity contribution >= 4 is 63.8 Å². The highest BCUT2D eigenvalue weighted by atomic mass is 35.5. The molecule has 9 heteroatoms. The van der Waals surface area contributed by atoms with E-state index in [0.717, 1.165) is 0 Å². The lowest BCUT2D eigenvalue weighted by molar-refractivity contribution is 0.0763. The molecule has 0 spiro atoms. The van der Waals surface area contributed by atoms with Crippen LogP contribution in [-0.4, -0.2) is 47.9 Å². The Labute approximate surface area is 170 Å². The van der Waals surface area contributed by atoms with E-state index in [-0.39, 0.29) is 11.9 Å². The minimum absolute atomic E-state index is 0.157. The fourth-order valence-corrected chi connectivity index (χ4v) is 4.39. The first-order chi connectivity index (χ1) is 12.4. The van der Waals surface area contributed by atoms with Crippen LogP contribution in [0.25, 0.3) is 0 Å². The van der Waals surface area contributed by atoms with Gasteiger partial charge in [0, 0.05) is 36.9 Å². The number of carbonyl (C=O) groups excluding carboxylic acids is 2. The molecular weight excluding hydrogens is 417 g/mol. The molecule has 26 heavy (non-hydrogen) atoms. The molecule has 1 aromatic carbocycles. The van der Waals surface area contributed by atoms with Crippen LogP contribution in [-0.2, 0) is 0 Å². The summed E-state index contributed by atoms with van der Waals surface area (Å²) in [6.45, 7) is 2.00. The van der Waals surface area contributed by atoms with Crippen molar-refractivity contribution in [1.29, 1.82) is 0 Å². The topological polar surface area (TPSA) is 52.7 Å². The molecule has 0 unspecified atom stereocenters. The number of urea groups is 1. The van der Waals surface area contributed by atoms with Crippen LogP contribution in [0.5, 0.6) is 0 Å². The van der Waals surface area contributed by atoms with Crippen LogP contribution in [0.4, 0.5) is 10.5 Å². The van der Waals surface area contributed by atoms with Gasteiger partial charge in [-0.05, 0) is 30.7 Å². The molecule has 138 valence electrons. The van der Waals surface area contributed by atoms with Gasteiger partial charge in [0.1, 0.15) is 4.34 Å². The number of hydrogen-bond acceptors (Lipinski definition) is 3. The van der Waals surface area contributed by atoms with Crippen LogP contribution in [0.3, 0.4) is 0 Å². The first kappa shape index (κ1) is 19.3. The van der Waals surface area contributed by atoms with Crippen molar-refractivity contribution < 1.29 is 9.59 Å². The molecule has 3 rings (SSSR count).